The molecule has 6 atom stereocenters. The third-order valence-corrected chi connectivity index (χ3v) is 7.67. The lowest BCUT2D eigenvalue weighted by atomic mass is 9.68. The second-order valence-electron chi connectivity index (χ2n) is 10.1. The van der Waals surface area contributed by atoms with E-state index in [0.717, 1.165) is 12.8 Å². The van der Waals surface area contributed by atoms with E-state index in [1.165, 1.54) is 12.6 Å². The minimum absolute atomic E-state index is 0.00352. The lowest BCUT2D eigenvalue weighted by Gasteiger charge is -2.43. The van der Waals surface area contributed by atoms with Crippen LogP contribution in [0.1, 0.15) is 52.9 Å². The molecule has 1 N–H and O–H groups in total. The number of amides is 2. The standard InChI is InChI=1S/C24H38N2O7/c1-15(2)6-7-18-23(3,33-18)20-19(29-5)17(8-11-24(20)14-30-24)32-22(28)26-12-9-16(10-13-26)31-21(27)25-4/h6,16-20H,7-14H2,1-5H3,(H,25,27). The van der Waals surface area contributed by atoms with Gasteiger partial charge in [-0.3, -0.25) is 0 Å². The molecule has 186 valence electrons. The molecule has 6 unspecified atom stereocenters. The SMILES string of the molecule is CNC(=O)OC1CCN(C(=O)OC2CCC3(CO3)C(C3(C)OC3CC=C(C)C)C2OC)CC1. The zero-order valence-corrected chi connectivity index (χ0v) is 20.4. The summed E-state index contributed by atoms with van der Waals surface area (Å²) in [7, 11) is 3.21. The summed E-state index contributed by atoms with van der Waals surface area (Å²) < 4.78 is 29.5. The van der Waals surface area contributed by atoms with Crippen molar-refractivity contribution in [2.45, 2.75) is 88.5 Å². The van der Waals surface area contributed by atoms with Crippen molar-refractivity contribution in [3.8, 4) is 0 Å². The van der Waals surface area contributed by atoms with Crippen LogP contribution in [-0.2, 0) is 23.7 Å². The first-order valence-electron chi connectivity index (χ1n) is 12.0. The number of likely N-dealkylation sites (tertiary alicyclic amines) is 1. The number of carbonyl (C=O) groups excluding carboxylic acids is 2. The van der Waals surface area contributed by atoms with Crippen LogP contribution in [0.4, 0.5) is 9.59 Å². The Morgan fingerprint density at radius 3 is 2.45 bits per heavy atom. The molecule has 33 heavy (non-hydrogen) atoms. The average molecular weight is 467 g/mol. The number of ether oxygens (including phenoxy) is 5. The predicted octanol–water partition coefficient (Wildman–Crippen LogP) is 3.02. The Balaban J connectivity index is 1.37. The maximum atomic E-state index is 13.0. The van der Waals surface area contributed by atoms with E-state index in [1.807, 2.05) is 0 Å². The molecule has 0 aromatic carbocycles. The number of carbonyl (C=O) groups is 2. The maximum absolute atomic E-state index is 13.0. The van der Waals surface area contributed by atoms with Gasteiger partial charge in [0.25, 0.3) is 0 Å². The van der Waals surface area contributed by atoms with E-state index in [4.69, 9.17) is 23.7 Å². The minimum atomic E-state index is -0.442. The molecule has 4 rings (SSSR count). The van der Waals surface area contributed by atoms with Gasteiger partial charge in [-0.1, -0.05) is 11.6 Å². The van der Waals surface area contributed by atoms with Gasteiger partial charge in [0.2, 0.25) is 0 Å². The monoisotopic (exact) mass is 466 g/mol. The summed E-state index contributed by atoms with van der Waals surface area (Å²) in [6, 6.07) is 0. The van der Waals surface area contributed by atoms with E-state index >= 15 is 0 Å². The third kappa shape index (κ3) is 5.00. The van der Waals surface area contributed by atoms with Crippen LogP contribution in [0.3, 0.4) is 0 Å². The quantitative estimate of drug-likeness (QED) is 0.474. The summed E-state index contributed by atoms with van der Waals surface area (Å²) in [5.41, 5.74) is 0.672. The molecule has 4 fully saturated rings. The molecule has 4 aliphatic rings. The largest absolute Gasteiger partial charge is 0.446 e. The van der Waals surface area contributed by atoms with E-state index in [1.54, 1.807) is 12.0 Å². The summed E-state index contributed by atoms with van der Waals surface area (Å²) in [6.07, 6.45) is 4.29. The highest BCUT2D eigenvalue weighted by atomic mass is 16.6. The molecule has 9 nitrogen and oxygen atoms in total. The smallest absolute Gasteiger partial charge is 0.410 e. The van der Waals surface area contributed by atoms with Crippen LogP contribution in [0.2, 0.25) is 0 Å². The summed E-state index contributed by atoms with van der Waals surface area (Å²) in [6.45, 7) is 8.00. The Labute approximate surface area is 196 Å². The first-order valence-corrected chi connectivity index (χ1v) is 12.0. The summed E-state index contributed by atoms with van der Waals surface area (Å²) in [5.74, 6) is 0.00352. The van der Waals surface area contributed by atoms with Crippen LogP contribution in [0, 0.1) is 5.92 Å². The van der Waals surface area contributed by atoms with Gasteiger partial charge in [-0.15, -0.1) is 0 Å². The Morgan fingerprint density at radius 2 is 1.88 bits per heavy atom. The summed E-state index contributed by atoms with van der Waals surface area (Å²) in [4.78, 5) is 26.1. The van der Waals surface area contributed by atoms with Gasteiger partial charge in [0.15, 0.2) is 0 Å². The van der Waals surface area contributed by atoms with Crippen molar-refractivity contribution in [1.29, 1.82) is 0 Å². The Kier molecular flexibility index (Phi) is 6.94. The van der Waals surface area contributed by atoms with Crippen LogP contribution in [0.5, 0.6) is 0 Å². The second kappa shape index (κ2) is 9.43. The van der Waals surface area contributed by atoms with Gasteiger partial charge in [-0.05, 0) is 40.0 Å². The highest BCUT2D eigenvalue weighted by molar-refractivity contribution is 5.68. The van der Waals surface area contributed by atoms with Crippen LogP contribution in [-0.4, -0.2) is 86.6 Å². The fourth-order valence-electron chi connectivity index (χ4n) is 5.64. The van der Waals surface area contributed by atoms with Gasteiger partial charge < -0.3 is 33.9 Å². The molecule has 3 aliphatic heterocycles. The lowest BCUT2D eigenvalue weighted by Crippen LogP contribution is -2.56. The maximum Gasteiger partial charge on any atom is 0.410 e. The van der Waals surface area contributed by atoms with Crippen molar-refractivity contribution in [2.24, 2.45) is 5.92 Å². The number of allylic oxidation sites excluding steroid dienone is 1. The van der Waals surface area contributed by atoms with Crippen molar-refractivity contribution in [3.05, 3.63) is 11.6 Å². The topological polar surface area (TPSA) is 102 Å². The molecule has 0 aromatic heterocycles. The lowest BCUT2D eigenvalue weighted by molar-refractivity contribution is -0.122. The summed E-state index contributed by atoms with van der Waals surface area (Å²) >= 11 is 0. The van der Waals surface area contributed by atoms with Gasteiger partial charge in [-0.25, -0.2) is 9.59 Å². The average Bonchev–Trinajstić information content (AvgIpc) is 3.71. The van der Waals surface area contributed by atoms with Crippen molar-refractivity contribution in [2.75, 3.05) is 33.9 Å². The van der Waals surface area contributed by atoms with Gasteiger partial charge in [0, 0.05) is 40.1 Å². The van der Waals surface area contributed by atoms with Crippen LogP contribution < -0.4 is 5.32 Å². The number of hydrogen-bond donors (Lipinski definition) is 1. The molecular formula is C24H38N2O7. The number of rotatable bonds is 6. The highest BCUT2D eigenvalue weighted by Crippen LogP contribution is 2.59. The van der Waals surface area contributed by atoms with Crippen molar-refractivity contribution < 1.29 is 33.3 Å². The number of piperidine rings is 1. The second-order valence-corrected chi connectivity index (χ2v) is 10.1. The van der Waals surface area contributed by atoms with Gasteiger partial charge in [0.1, 0.15) is 29.5 Å². The van der Waals surface area contributed by atoms with Crippen LogP contribution in [0.25, 0.3) is 0 Å². The number of methoxy groups -OCH3 is 1. The summed E-state index contributed by atoms with van der Waals surface area (Å²) in [5, 5.41) is 2.46. The molecule has 0 aromatic rings. The molecule has 1 spiro atoms. The molecule has 2 amide bonds. The number of epoxide rings is 2. The molecule has 0 radical (unpaired) electrons. The molecule has 9 heteroatoms. The molecular weight excluding hydrogens is 428 g/mol. The van der Waals surface area contributed by atoms with Crippen LogP contribution in [0.15, 0.2) is 11.6 Å². The van der Waals surface area contributed by atoms with Crippen LogP contribution >= 0.6 is 0 Å². The van der Waals surface area contributed by atoms with Crippen molar-refractivity contribution in [3.63, 3.8) is 0 Å². The molecule has 3 saturated heterocycles. The zero-order chi connectivity index (χ0) is 23.8. The van der Waals surface area contributed by atoms with Gasteiger partial charge in [0.05, 0.1) is 18.6 Å². The molecule has 3 heterocycles. The molecule has 0 bridgehead atoms. The first kappa shape index (κ1) is 24.3. The number of nitrogens with zero attached hydrogens (tertiary/aromatic N) is 1. The van der Waals surface area contributed by atoms with E-state index < -0.39 is 6.09 Å². The Morgan fingerprint density at radius 1 is 1.18 bits per heavy atom. The van der Waals surface area contributed by atoms with E-state index in [-0.39, 0.29) is 47.6 Å². The Hall–Kier alpha value is -1.84. The number of nitrogens with one attached hydrogen (secondary N) is 1. The van der Waals surface area contributed by atoms with Gasteiger partial charge in [-0.2, -0.15) is 0 Å². The van der Waals surface area contributed by atoms with Crippen molar-refractivity contribution in [1.82, 2.24) is 10.2 Å². The fraction of sp³-hybridized carbons (Fsp3) is 0.833. The third-order valence-electron chi connectivity index (χ3n) is 7.67. The number of hydrogen-bond acceptors (Lipinski definition) is 7. The van der Waals surface area contributed by atoms with Gasteiger partial charge >= 0.3 is 12.2 Å². The number of alkyl carbamates (subject to hydrolysis) is 1. The van der Waals surface area contributed by atoms with E-state index in [0.29, 0.717) is 39.0 Å². The highest BCUT2D eigenvalue weighted by Gasteiger charge is 2.72. The van der Waals surface area contributed by atoms with Crippen molar-refractivity contribution >= 4 is 12.2 Å². The first-order chi connectivity index (χ1) is 15.7. The minimum Gasteiger partial charge on any atom is -0.446 e. The normalized spacial score (nSPS) is 37.9. The molecule has 1 aliphatic carbocycles. The Bertz CT molecular complexity index is 771. The predicted molar refractivity (Wildman–Crippen MR) is 120 cm³/mol. The molecule has 1 saturated carbocycles. The van der Waals surface area contributed by atoms with E-state index in [2.05, 4.69) is 32.2 Å². The zero-order valence-electron chi connectivity index (χ0n) is 20.4. The van der Waals surface area contributed by atoms with E-state index in [9.17, 15) is 9.59 Å². The fourth-order valence-corrected chi connectivity index (χ4v) is 5.64.